The Morgan fingerprint density at radius 1 is 1.29 bits per heavy atom. The molecule has 4 nitrogen and oxygen atoms in total. The van der Waals surface area contributed by atoms with Crippen LogP contribution in [0.3, 0.4) is 0 Å². The van der Waals surface area contributed by atoms with Crippen molar-refractivity contribution in [2.75, 3.05) is 13.2 Å². The standard InChI is InChI=1S/C12H13BrN2O2/c13-8-1-2-10-9(7-8)15-11(17-10)12(14)3-5-16-6-4-12/h1-2,7H,3-6,14H2. The topological polar surface area (TPSA) is 61.3 Å². The summed E-state index contributed by atoms with van der Waals surface area (Å²) in [5, 5.41) is 0. The van der Waals surface area contributed by atoms with Gasteiger partial charge in [-0.3, -0.25) is 0 Å². The van der Waals surface area contributed by atoms with Crippen LogP contribution in [-0.4, -0.2) is 18.2 Å². The minimum Gasteiger partial charge on any atom is -0.439 e. The van der Waals surface area contributed by atoms with E-state index in [1.807, 2.05) is 18.2 Å². The molecule has 5 heteroatoms. The summed E-state index contributed by atoms with van der Waals surface area (Å²) >= 11 is 3.42. The molecule has 0 radical (unpaired) electrons. The summed E-state index contributed by atoms with van der Waals surface area (Å²) in [5.74, 6) is 0.619. The van der Waals surface area contributed by atoms with E-state index in [-0.39, 0.29) is 0 Å². The van der Waals surface area contributed by atoms with Gasteiger partial charge in [0.15, 0.2) is 5.58 Å². The zero-order chi connectivity index (χ0) is 11.9. The number of nitrogens with zero attached hydrogens (tertiary/aromatic N) is 1. The molecule has 2 heterocycles. The molecule has 0 unspecified atom stereocenters. The number of hydrogen-bond donors (Lipinski definition) is 1. The normalized spacial score (nSPS) is 19.6. The van der Waals surface area contributed by atoms with E-state index in [1.54, 1.807) is 0 Å². The van der Waals surface area contributed by atoms with E-state index in [2.05, 4.69) is 20.9 Å². The molecule has 2 N–H and O–H groups in total. The Balaban J connectivity index is 2.05. The Labute approximate surface area is 107 Å². The predicted molar refractivity (Wildman–Crippen MR) is 67.6 cm³/mol. The van der Waals surface area contributed by atoms with E-state index in [0.717, 1.165) is 28.4 Å². The lowest BCUT2D eigenvalue weighted by Crippen LogP contribution is -2.42. The van der Waals surface area contributed by atoms with Crippen molar-refractivity contribution in [2.24, 2.45) is 5.73 Å². The molecular weight excluding hydrogens is 284 g/mol. The fourth-order valence-electron chi connectivity index (χ4n) is 2.06. The summed E-state index contributed by atoms with van der Waals surface area (Å²) in [7, 11) is 0. The number of aromatic nitrogens is 1. The molecule has 1 aliphatic heterocycles. The van der Waals surface area contributed by atoms with Gasteiger partial charge in [-0.25, -0.2) is 4.98 Å². The van der Waals surface area contributed by atoms with Gasteiger partial charge in [0.05, 0.1) is 5.54 Å². The van der Waals surface area contributed by atoms with Crippen LogP contribution in [0.25, 0.3) is 11.1 Å². The fraction of sp³-hybridized carbons (Fsp3) is 0.417. The molecule has 0 atom stereocenters. The fourth-order valence-corrected chi connectivity index (χ4v) is 2.41. The molecular formula is C12H13BrN2O2. The lowest BCUT2D eigenvalue weighted by atomic mass is 9.91. The summed E-state index contributed by atoms with van der Waals surface area (Å²) in [6, 6.07) is 5.77. The first-order valence-corrected chi connectivity index (χ1v) is 6.40. The highest BCUT2D eigenvalue weighted by Crippen LogP contribution is 2.31. The first-order valence-electron chi connectivity index (χ1n) is 5.61. The van der Waals surface area contributed by atoms with Crippen LogP contribution in [0.2, 0.25) is 0 Å². The zero-order valence-electron chi connectivity index (χ0n) is 9.28. The summed E-state index contributed by atoms with van der Waals surface area (Å²) in [6.07, 6.45) is 1.50. The van der Waals surface area contributed by atoms with Crippen LogP contribution in [-0.2, 0) is 10.3 Å². The van der Waals surface area contributed by atoms with E-state index >= 15 is 0 Å². The number of nitrogens with two attached hydrogens (primary N) is 1. The Morgan fingerprint density at radius 2 is 2.06 bits per heavy atom. The summed E-state index contributed by atoms with van der Waals surface area (Å²) < 4.78 is 12.1. The van der Waals surface area contributed by atoms with Gasteiger partial charge in [-0.2, -0.15) is 0 Å². The van der Waals surface area contributed by atoms with Gasteiger partial charge in [-0.15, -0.1) is 0 Å². The van der Waals surface area contributed by atoms with Crippen molar-refractivity contribution in [1.82, 2.24) is 4.98 Å². The third kappa shape index (κ3) is 1.99. The van der Waals surface area contributed by atoms with Crippen LogP contribution in [0, 0.1) is 0 Å². The SMILES string of the molecule is NC1(c2nc3cc(Br)ccc3o2)CCOCC1. The van der Waals surface area contributed by atoms with E-state index in [9.17, 15) is 0 Å². The van der Waals surface area contributed by atoms with Crippen LogP contribution in [0.15, 0.2) is 27.1 Å². The largest absolute Gasteiger partial charge is 0.439 e. The Bertz CT molecular complexity index is 546. The highest BCUT2D eigenvalue weighted by Gasteiger charge is 2.35. The van der Waals surface area contributed by atoms with Crippen molar-refractivity contribution in [3.63, 3.8) is 0 Å². The van der Waals surface area contributed by atoms with Gasteiger partial charge in [0.25, 0.3) is 0 Å². The Morgan fingerprint density at radius 3 is 2.82 bits per heavy atom. The van der Waals surface area contributed by atoms with Crippen LogP contribution < -0.4 is 5.73 Å². The Kier molecular flexibility index (Phi) is 2.69. The van der Waals surface area contributed by atoms with Crippen molar-refractivity contribution < 1.29 is 9.15 Å². The molecule has 0 aliphatic carbocycles. The molecule has 1 fully saturated rings. The number of fused-ring (bicyclic) bond motifs is 1. The molecule has 0 spiro atoms. The Hall–Kier alpha value is -0.910. The minimum absolute atomic E-state index is 0.482. The average molecular weight is 297 g/mol. The third-order valence-electron chi connectivity index (χ3n) is 3.16. The van der Waals surface area contributed by atoms with Crippen LogP contribution in [0.4, 0.5) is 0 Å². The molecule has 1 aliphatic rings. The molecule has 1 aromatic carbocycles. The van der Waals surface area contributed by atoms with E-state index in [0.29, 0.717) is 19.1 Å². The lowest BCUT2D eigenvalue weighted by molar-refractivity contribution is 0.0429. The maximum absolute atomic E-state index is 6.33. The highest BCUT2D eigenvalue weighted by molar-refractivity contribution is 9.10. The average Bonchev–Trinajstić information content (AvgIpc) is 2.73. The molecule has 1 aromatic heterocycles. The monoisotopic (exact) mass is 296 g/mol. The van der Waals surface area contributed by atoms with Gasteiger partial charge in [-0.1, -0.05) is 15.9 Å². The number of oxazole rings is 1. The molecule has 2 aromatic rings. The smallest absolute Gasteiger partial charge is 0.215 e. The predicted octanol–water partition coefficient (Wildman–Crippen LogP) is 2.55. The quantitative estimate of drug-likeness (QED) is 0.878. The molecule has 0 saturated carbocycles. The van der Waals surface area contributed by atoms with E-state index in [1.165, 1.54) is 0 Å². The zero-order valence-corrected chi connectivity index (χ0v) is 10.9. The maximum atomic E-state index is 6.33. The van der Waals surface area contributed by atoms with Gasteiger partial charge < -0.3 is 14.9 Å². The van der Waals surface area contributed by atoms with Crippen molar-refractivity contribution in [2.45, 2.75) is 18.4 Å². The van der Waals surface area contributed by atoms with Crippen molar-refractivity contribution in [1.29, 1.82) is 0 Å². The number of ether oxygens (including phenoxy) is 1. The van der Waals surface area contributed by atoms with Crippen molar-refractivity contribution >= 4 is 27.0 Å². The molecule has 90 valence electrons. The van der Waals surface area contributed by atoms with Gasteiger partial charge in [0.1, 0.15) is 5.52 Å². The number of halogens is 1. The molecule has 0 amide bonds. The molecule has 1 saturated heterocycles. The molecule has 17 heavy (non-hydrogen) atoms. The van der Waals surface area contributed by atoms with Crippen LogP contribution >= 0.6 is 15.9 Å². The molecule has 3 rings (SSSR count). The van der Waals surface area contributed by atoms with E-state index in [4.69, 9.17) is 14.9 Å². The number of benzene rings is 1. The van der Waals surface area contributed by atoms with Crippen LogP contribution in [0.5, 0.6) is 0 Å². The van der Waals surface area contributed by atoms with Gasteiger partial charge in [0, 0.05) is 17.7 Å². The second-order valence-electron chi connectivity index (χ2n) is 4.40. The van der Waals surface area contributed by atoms with Crippen LogP contribution in [0.1, 0.15) is 18.7 Å². The minimum atomic E-state index is -0.482. The van der Waals surface area contributed by atoms with Crippen molar-refractivity contribution in [3.8, 4) is 0 Å². The summed E-state index contributed by atoms with van der Waals surface area (Å²) in [6.45, 7) is 1.33. The summed E-state index contributed by atoms with van der Waals surface area (Å²) in [4.78, 5) is 4.49. The van der Waals surface area contributed by atoms with E-state index < -0.39 is 5.54 Å². The van der Waals surface area contributed by atoms with Gasteiger partial charge in [0.2, 0.25) is 5.89 Å². The van der Waals surface area contributed by atoms with Gasteiger partial charge >= 0.3 is 0 Å². The first-order chi connectivity index (χ1) is 8.17. The summed E-state index contributed by atoms with van der Waals surface area (Å²) in [5.41, 5.74) is 7.47. The van der Waals surface area contributed by atoms with Crippen molar-refractivity contribution in [3.05, 3.63) is 28.6 Å². The second kappa shape index (κ2) is 4.08. The number of hydrogen-bond acceptors (Lipinski definition) is 4. The first kappa shape index (κ1) is 11.2. The highest BCUT2D eigenvalue weighted by atomic mass is 79.9. The second-order valence-corrected chi connectivity index (χ2v) is 5.32. The lowest BCUT2D eigenvalue weighted by Gasteiger charge is -2.29. The molecule has 0 bridgehead atoms. The number of rotatable bonds is 1. The third-order valence-corrected chi connectivity index (χ3v) is 3.65. The maximum Gasteiger partial charge on any atom is 0.215 e. The van der Waals surface area contributed by atoms with Gasteiger partial charge in [-0.05, 0) is 31.0 Å².